The van der Waals surface area contributed by atoms with Crippen LogP contribution in [0.2, 0.25) is 0 Å². The summed E-state index contributed by atoms with van der Waals surface area (Å²) in [5.74, 6) is 0.538. The molecular weight excluding hydrogens is 276 g/mol. The van der Waals surface area contributed by atoms with Crippen molar-refractivity contribution in [2.45, 2.75) is 19.3 Å². The molecule has 0 unspecified atom stereocenters. The van der Waals surface area contributed by atoms with Crippen molar-refractivity contribution in [3.63, 3.8) is 0 Å². The summed E-state index contributed by atoms with van der Waals surface area (Å²) in [6.07, 6.45) is 1.29. The third-order valence-corrected chi connectivity index (χ3v) is 3.32. The van der Waals surface area contributed by atoms with Gasteiger partial charge < -0.3 is 10.5 Å². The van der Waals surface area contributed by atoms with Gasteiger partial charge in [-0.2, -0.15) is 0 Å². The molecule has 5 nitrogen and oxygen atoms in total. The van der Waals surface area contributed by atoms with E-state index in [0.29, 0.717) is 43.2 Å². The molecule has 1 aromatic rings. The average molecular weight is 292 g/mol. The van der Waals surface area contributed by atoms with Gasteiger partial charge in [0.15, 0.2) is 0 Å². The fourth-order valence-corrected chi connectivity index (χ4v) is 2.14. The van der Waals surface area contributed by atoms with Crippen LogP contribution >= 0.6 is 12.2 Å². The minimum absolute atomic E-state index is 0.0872. The molecule has 0 spiro atoms. The van der Waals surface area contributed by atoms with Crippen LogP contribution in [0.1, 0.15) is 24.8 Å². The van der Waals surface area contributed by atoms with Gasteiger partial charge in [-0.15, -0.1) is 0 Å². The first-order valence-electron chi connectivity index (χ1n) is 6.44. The Morgan fingerprint density at radius 1 is 1.20 bits per heavy atom. The van der Waals surface area contributed by atoms with E-state index >= 15 is 0 Å². The number of likely N-dealkylation sites (tertiary alicyclic amines) is 1. The molecule has 0 bridgehead atoms. The molecule has 0 aliphatic carbocycles. The molecule has 0 saturated carbocycles. The lowest BCUT2D eigenvalue weighted by Gasteiger charge is -2.13. The van der Waals surface area contributed by atoms with Crippen LogP contribution < -0.4 is 10.5 Å². The van der Waals surface area contributed by atoms with E-state index in [-0.39, 0.29) is 11.8 Å². The maximum Gasteiger partial charge on any atom is 0.229 e. The Hall–Kier alpha value is -1.95. The molecule has 1 fully saturated rings. The minimum Gasteiger partial charge on any atom is -0.494 e. The van der Waals surface area contributed by atoms with Gasteiger partial charge in [0, 0.05) is 24.9 Å². The number of carbonyl (C=O) groups is 2. The fraction of sp³-hybridized carbons (Fsp3) is 0.357. The van der Waals surface area contributed by atoms with Crippen LogP contribution in [0.15, 0.2) is 24.3 Å². The van der Waals surface area contributed by atoms with E-state index in [2.05, 4.69) is 0 Å². The molecule has 1 aliphatic rings. The summed E-state index contributed by atoms with van der Waals surface area (Å²) in [5, 5.41) is 0. The zero-order chi connectivity index (χ0) is 14.5. The van der Waals surface area contributed by atoms with Crippen LogP contribution in [-0.4, -0.2) is 34.9 Å². The topological polar surface area (TPSA) is 72.6 Å². The summed E-state index contributed by atoms with van der Waals surface area (Å²) in [4.78, 5) is 24.4. The average Bonchev–Trinajstić information content (AvgIpc) is 2.75. The van der Waals surface area contributed by atoms with Crippen molar-refractivity contribution in [1.82, 2.24) is 4.90 Å². The van der Waals surface area contributed by atoms with E-state index in [0.717, 1.165) is 5.56 Å². The maximum absolute atomic E-state index is 11.4. The van der Waals surface area contributed by atoms with Crippen LogP contribution in [0.3, 0.4) is 0 Å². The van der Waals surface area contributed by atoms with E-state index in [4.69, 9.17) is 22.7 Å². The Kier molecular flexibility index (Phi) is 4.68. The lowest BCUT2D eigenvalue weighted by atomic mass is 10.2. The van der Waals surface area contributed by atoms with Crippen LogP contribution in [-0.2, 0) is 9.59 Å². The highest BCUT2D eigenvalue weighted by atomic mass is 32.1. The molecule has 106 valence electrons. The van der Waals surface area contributed by atoms with Crippen LogP contribution in [0.4, 0.5) is 0 Å². The number of hydrogen-bond acceptors (Lipinski definition) is 4. The molecule has 1 aromatic carbocycles. The quantitative estimate of drug-likeness (QED) is 0.485. The molecule has 0 aromatic heterocycles. The summed E-state index contributed by atoms with van der Waals surface area (Å²) in [7, 11) is 0. The molecule has 6 heteroatoms. The SMILES string of the molecule is NC(=S)c1ccc(OCCCN2C(=O)CCC2=O)cc1. The smallest absolute Gasteiger partial charge is 0.229 e. The lowest BCUT2D eigenvalue weighted by molar-refractivity contribution is -0.138. The normalized spacial score (nSPS) is 14.7. The molecule has 20 heavy (non-hydrogen) atoms. The van der Waals surface area contributed by atoms with E-state index in [1.54, 1.807) is 24.3 Å². The molecule has 0 radical (unpaired) electrons. The van der Waals surface area contributed by atoms with E-state index in [1.807, 2.05) is 0 Å². The third kappa shape index (κ3) is 3.54. The van der Waals surface area contributed by atoms with Gasteiger partial charge in [-0.1, -0.05) is 12.2 Å². The number of thiocarbonyl (C=S) groups is 1. The number of amides is 2. The minimum atomic E-state index is -0.0872. The summed E-state index contributed by atoms with van der Waals surface area (Å²) < 4.78 is 5.54. The maximum atomic E-state index is 11.4. The Morgan fingerprint density at radius 2 is 1.80 bits per heavy atom. The predicted octanol–water partition coefficient (Wildman–Crippen LogP) is 1.24. The predicted molar refractivity (Wildman–Crippen MR) is 78.4 cm³/mol. The standard InChI is InChI=1S/C14H16N2O3S/c15-14(20)10-2-4-11(5-3-10)19-9-1-8-16-12(17)6-7-13(16)18/h2-5H,1,6-9H2,(H2,15,20). The largest absolute Gasteiger partial charge is 0.494 e. The summed E-state index contributed by atoms with van der Waals surface area (Å²) in [6.45, 7) is 0.867. The van der Waals surface area contributed by atoms with Crippen molar-refractivity contribution in [3.8, 4) is 5.75 Å². The number of imide groups is 1. The lowest BCUT2D eigenvalue weighted by Crippen LogP contribution is -2.30. The van der Waals surface area contributed by atoms with Crippen LogP contribution in [0, 0.1) is 0 Å². The van der Waals surface area contributed by atoms with Gasteiger partial charge in [0.1, 0.15) is 10.7 Å². The van der Waals surface area contributed by atoms with Gasteiger partial charge in [-0.3, -0.25) is 14.5 Å². The van der Waals surface area contributed by atoms with Gasteiger partial charge in [-0.25, -0.2) is 0 Å². The third-order valence-electron chi connectivity index (χ3n) is 3.09. The number of benzene rings is 1. The molecule has 2 rings (SSSR count). The number of nitrogens with two attached hydrogens (primary N) is 1. The van der Waals surface area contributed by atoms with Crippen LogP contribution in [0.25, 0.3) is 0 Å². The Balaban J connectivity index is 1.74. The van der Waals surface area contributed by atoms with Crippen molar-refractivity contribution in [3.05, 3.63) is 29.8 Å². The number of ether oxygens (including phenoxy) is 1. The second kappa shape index (κ2) is 6.47. The van der Waals surface area contributed by atoms with E-state index in [9.17, 15) is 9.59 Å². The van der Waals surface area contributed by atoms with E-state index in [1.165, 1.54) is 4.90 Å². The second-order valence-electron chi connectivity index (χ2n) is 4.53. The zero-order valence-electron chi connectivity index (χ0n) is 11.0. The van der Waals surface area contributed by atoms with Crippen molar-refractivity contribution < 1.29 is 14.3 Å². The second-order valence-corrected chi connectivity index (χ2v) is 4.97. The van der Waals surface area contributed by atoms with Crippen molar-refractivity contribution >= 4 is 29.0 Å². The Labute approximate surface area is 122 Å². The monoisotopic (exact) mass is 292 g/mol. The first kappa shape index (κ1) is 14.5. The highest BCUT2D eigenvalue weighted by Crippen LogP contribution is 2.14. The van der Waals surface area contributed by atoms with Gasteiger partial charge in [-0.05, 0) is 30.7 Å². The fourth-order valence-electron chi connectivity index (χ4n) is 2.00. The summed E-state index contributed by atoms with van der Waals surface area (Å²) >= 11 is 4.86. The Bertz CT molecular complexity index is 512. The van der Waals surface area contributed by atoms with Crippen molar-refractivity contribution in [1.29, 1.82) is 0 Å². The number of carbonyl (C=O) groups excluding carboxylic acids is 2. The number of rotatable bonds is 6. The summed E-state index contributed by atoms with van der Waals surface area (Å²) in [6, 6.07) is 7.18. The zero-order valence-corrected chi connectivity index (χ0v) is 11.8. The molecule has 1 saturated heterocycles. The van der Waals surface area contributed by atoms with Gasteiger partial charge >= 0.3 is 0 Å². The highest BCUT2D eigenvalue weighted by Gasteiger charge is 2.27. The van der Waals surface area contributed by atoms with Crippen molar-refractivity contribution in [2.75, 3.05) is 13.2 Å². The van der Waals surface area contributed by atoms with Gasteiger partial charge in [0.05, 0.1) is 6.61 Å². The molecule has 2 amide bonds. The summed E-state index contributed by atoms with van der Waals surface area (Å²) in [5.41, 5.74) is 6.29. The van der Waals surface area contributed by atoms with Gasteiger partial charge in [0.25, 0.3) is 0 Å². The number of hydrogen-bond donors (Lipinski definition) is 1. The molecule has 2 N–H and O–H groups in total. The highest BCUT2D eigenvalue weighted by molar-refractivity contribution is 7.80. The number of nitrogens with zero attached hydrogens (tertiary/aromatic N) is 1. The van der Waals surface area contributed by atoms with Gasteiger partial charge in [0.2, 0.25) is 11.8 Å². The molecular formula is C14H16N2O3S. The first-order chi connectivity index (χ1) is 9.58. The van der Waals surface area contributed by atoms with Crippen LogP contribution in [0.5, 0.6) is 5.75 Å². The molecule has 1 aliphatic heterocycles. The van der Waals surface area contributed by atoms with E-state index < -0.39 is 0 Å². The Morgan fingerprint density at radius 3 is 2.35 bits per heavy atom. The first-order valence-corrected chi connectivity index (χ1v) is 6.84. The van der Waals surface area contributed by atoms with Crippen molar-refractivity contribution in [2.24, 2.45) is 5.73 Å². The molecule has 1 heterocycles. The molecule has 0 atom stereocenters.